The molecule has 0 amide bonds. The molecular formula is C14H18N4O2S. The Kier molecular flexibility index (Phi) is 4.03. The average Bonchev–Trinajstić information content (AvgIpc) is 2.62. The van der Waals surface area contributed by atoms with E-state index in [1.165, 1.54) is 11.3 Å². The number of fused-ring (bicyclic) bond motifs is 1. The first-order chi connectivity index (χ1) is 10.1. The summed E-state index contributed by atoms with van der Waals surface area (Å²) in [6.07, 6.45) is 3.09. The lowest BCUT2D eigenvalue weighted by atomic mass is 10.1. The van der Waals surface area contributed by atoms with E-state index >= 15 is 0 Å². The van der Waals surface area contributed by atoms with Crippen molar-refractivity contribution in [1.82, 2.24) is 10.3 Å². The molecule has 0 saturated carbocycles. The number of thiazole rings is 1. The molecule has 3 rings (SSSR count). The lowest BCUT2D eigenvalue weighted by molar-refractivity contribution is -0.383. The Labute approximate surface area is 126 Å². The Hall–Kier alpha value is -1.73. The number of hydrogen-bond acceptors (Lipinski definition) is 6. The zero-order valence-corrected chi connectivity index (χ0v) is 12.7. The van der Waals surface area contributed by atoms with Gasteiger partial charge in [-0.25, -0.2) is 4.98 Å². The number of nitrogens with one attached hydrogen (secondary N) is 2. The largest absolute Gasteiger partial charge is 0.377 e. The molecule has 2 aromatic rings. The predicted molar refractivity (Wildman–Crippen MR) is 85.1 cm³/mol. The average molecular weight is 306 g/mol. The lowest BCUT2D eigenvalue weighted by Gasteiger charge is -2.17. The highest BCUT2D eigenvalue weighted by Gasteiger charge is 2.20. The van der Waals surface area contributed by atoms with Gasteiger partial charge in [-0.1, -0.05) is 0 Å². The minimum atomic E-state index is -0.314. The van der Waals surface area contributed by atoms with Crippen molar-refractivity contribution in [3.63, 3.8) is 0 Å². The number of rotatable bonds is 3. The van der Waals surface area contributed by atoms with Crippen LogP contribution in [0.4, 0.5) is 11.4 Å². The van der Waals surface area contributed by atoms with Crippen LogP contribution in [0.15, 0.2) is 12.1 Å². The van der Waals surface area contributed by atoms with Crippen molar-refractivity contribution in [2.24, 2.45) is 0 Å². The van der Waals surface area contributed by atoms with E-state index < -0.39 is 0 Å². The van der Waals surface area contributed by atoms with E-state index in [1.54, 1.807) is 6.07 Å². The number of anilines is 1. The zero-order valence-electron chi connectivity index (χ0n) is 11.9. The van der Waals surface area contributed by atoms with Crippen molar-refractivity contribution in [3.8, 4) is 0 Å². The lowest BCUT2D eigenvalue weighted by Crippen LogP contribution is -2.22. The fourth-order valence-electron chi connectivity index (χ4n) is 2.73. The van der Waals surface area contributed by atoms with E-state index in [1.807, 2.05) is 13.0 Å². The molecule has 0 aliphatic carbocycles. The van der Waals surface area contributed by atoms with E-state index in [9.17, 15) is 10.1 Å². The summed E-state index contributed by atoms with van der Waals surface area (Å²) in [7, 11) is 0. The summed E-state index contributed by atoms with van der Waals surface area (Å²) in [6.45, 7) is 3.88. The summed E-state index contributed by atoms with van der Waals surface area (Å²) in [4.78, 5) is 15.4. The number of benzene rings is 1. The van der Waals surface area contributed by atoms with Crippen LogP contribution in [0.25, 0.3) is 10.2 Å². The van der Waals surface area contributed by atoms with Gasteiger partial charge in [0, 0.05) is 12.1 Å². The fraction of sp³-hybridized carbons (Fsp3) is 0.500. The van der Waals surface area contributed by atoms with Gasteiger partial charge in [0.2, 0.25) is 0 Å². The first-order valence-electron chi connectivity index (χ1n) is 7.16. The SMILES string of the molecule is Cc1nc2cc(NC3CCCNCC3)c([N+](=O)[O-])cc2s1. The van der Waals surface area contributed by atoms with Crippen LogP contribution in [-0.2, 0) is 0 Å². The first kappa shape index (κ1) is 14.2. The van der Waals surface area contributed by atoms with Crippen LogP contribution in [0.2, 0.25) is 0 Å². The van der Waals surface area contributed by atoms with Crippen LogP contribution in [-0.4, -0.2) is 29.0 Å². The zero-order chi connectivity index (χ0) is 14.8. The Balaban J connectivity index is 1.94. The molecule has 1 saturated heterocycles. The van der Waals surface area contributed by atoms with Crippen molar-refractivity contribution >= 4 is 32.9 Å². The van der Waals surface area contributed by atoms with Gasteiger partial charge in [-0.2, -0.15) is 0 Å². The van der Waals surface area contributed by atoms with Gasteiger partial charge in [-0.15, -0.1) is 11.3 Å². The van der Waals surface area contributed by atoms with Gasteiger partial charge in [0.1, 0.15) is 5.69 Å². The van der Waals surface area contributed by atoms with Crippen molar-refractivity contribution < 1.29 is 4.92 Å². The van der Waals surface area contributed by atoms with Crippen molar-refractivity contribution in [1.29, 1.82) is 0 Å². The van der Waals surface area contributed by atoms with Gasteiger partial charge in [-0.3, -0.25) is 10.1 Å². The molecule has 1 unspecified atom stereocenters. The molecule has 21 heavy (non-hydrogen) atoms. The van der Waals surface area contributed by atoms with Crippen LogP contribution in [0, 0.1) is 17.0 Å². The molecule has 2 N–H and O–H groups in total. The highest BCUT2D eigenvalue weighted by Crippen LogP contribution is 2.33. The molecular weight excluding hydrogens is 288 g/mol. The third-order valence-electron chi connectivity index (χ3n) is 3.74. The Bertz CT molecular complexity index is 662. The van der Waals surface area contributed by atoms with E-state index in [0.29, 0.717) is 5.69 Å². The molecule has 1 fully saturated rings. The van der Waals surface area contributed by atoms with Crippen molar-refractivity contribution in [2.75, 3.05) is 18.4 Å². The normalized spacial score (nSPS) is 19.4. The smallest absolute Gasteiger partial charge is 0.293 e. The summed E-state index contributed by atoms with van der Waals surface area (Å²) in [5.74, 6) is 0. The van der Waals surface area contributed by atoms with Crippen LogP contribution in [0.5, 0.6) is 0 Å². The molecule has 6 nitrogen and oxygen atoms in total. The summed E-state index contributed by atoms with van der Waals surface area (Å²) < 4.78 is 0.868. The molecule has 7 heteroatoms. The molecule has 1 aromatic heterocycles. The van der Waals surface area contributed by atoms with Crippen LogP contribution in [0.1, 0.15) is 24.3 Å². The maximum Gasteiger partial charge on any atom is 0.293 e. The topological polar surface area (TPSA) is 80.1 Å². The first-order valence-corrected chi connectivity index (χ1v) is 7.98. The molecule has 2 heterocycles. The third kappa shape index (κ3) is 3.14. The maximum absolute atomic E-state index is 11.3. The Morgan fingerprint density at radius 3 is 3.10 bits per heavy atom. The van der Waals surface area contributed by atoms with Gasteiger partial charge in [0.05, 0.1) is 20.1 Å². The quantitative estimate of drug-likeness (QED) is 0.673. The predicted octanol–water partition coefficient (Wildman–Crippen LogP) is 3.07. The highest BCUT2D eigenvalue weighted by atomic mass is 32.1. The molecule has 1 aliphatic heterocycles. The summed E-state index contributed by atoms with van der Waals surface area (Å²) in [5.41, 5.74) is 1.56. The van der Waals surface area contributed by atoms with Gasteiger partial charge in [-0.05, 0) is 45.3 Å². The second-order valence-electron chi connectivity index (χ2n) is 5.35. The second kappa shape index (κ2) is 5.95. The number of aromatic nitrogens is 1. The molecule has 1 aromatic carbocycles. The number of nitro benzene ring substituents is 1. The van der Waals surface area contributed by atoms with Gasteiger partial charge in [0.15, 0.2) is 0 Å². The summed E-state index contributed by atoms with van der Waals surface area (Å²) in [6, 6.07) is 3.72. The third-order valence-corrected chi connectivity index (χ3v) is 4.68. The number of aryl methyl sites for hydroxylation is 1. The van der Waals surface area contributed by atoms with E-state index in [4.69, 9.17) is 0 Å². The summed E-state index contributed by atoms with van der Waals surface area (Å²) >= 11 is 1.49. The van der Waals surface area contributed by atoms with Crippen molar-refractivity contribution in [3.05, 3.63) is 27.3 Å². The molecule has 0 spiro atoms. The van der Waals surface area contributed by atoms with Crippen LogP contribution >= 0.6 is 11.3 Å². The second-order valence-corrected chi connectivity index (χ2v) is 6.58. The van der Waals surface area contributed by atoms with Gasteiger partial charge >= 0.3 is 0 Å². The monoisotopic (exact) mass is 306 g/mol. The van der Waals surface area contributed by atoms with E-state index in [-0.39, 0.29) is 16.7 Å². The van der Waals surface area contributed by atoms with Gasteiger partial charge < -0.3 is 10.6 Å². The maximum atomic E-state index is 11.3. The van der Waals surface area contributed by atoms with Gasteiger partial charge in [0.25, 0.3) is 5.69 Å². The molecule has 112 valence electrons. The summed E-state index contributed by atoms with van der Waals surface area (Å²) in [5, 5.41) is 18.9. The van der Waals surface area contributed by atoms with E-state index in [2.05, 4.69) is 15.6 Å². The number of nitro groups is 1. The number of hydrogen-bond donors (Lipinski definition) is 2. The van der Waals surface area contributed by atoms with Crippen LogP contribution < -0.4 is 10.6 Å². The minimum absolute atomic E-state index is 0.142. The molecule has 1 aliphatic rings. The Morgan fingerprint density at radius 2 is 2.29 bits per heavy atom. The van der Waals surface area contributed by atoms with Crippen molar-refractivity contribution in [2.45, 2.75) is 32.2 Å². The molecule has 0 radical (unpaired) electrons. The van der Waals surface area contributed by atoms with Crippen LogP contribution in [0.3, 0.4) is 0 Å². The molecule has 0 bridgehead atoms. The fourth-order valence-corrected chi connectivity index (χ4v) is 3.57. The van der Waals surface area contributed by atoms with E-state index in [0.717, 1.165) is 47.6 Å². The molecule has 1 atom stereocenters. The Morgan fingerprint density at radius 1 is 1.43 bits per heavy atom. The number of nitrogens with zero attached hydrogens (tertiary/aromatic N) is 2. The standard InChI is InChI=1S/C14H18N4O2S/c1-9-16-12-7-11(13(18(19)20)8-14(12)21-9)17-10-3-2-5-15-6-4-10/h7-8,10,15,17H,2-6H2,1H3. The highest BCUT2D eigenvalue weighted by molar-refractivity contribution is 7.18. The minimum Gasteiger partial charge on any atom is -0.377 e.